The Kier molecular flexibility index (Phi) is 3.77. The van der Waals surface area contributed by atoms with Crippen molar-refractivity contribution >= 4 is 43.6 Å². The fourth-order valence-corrected chi connectivity index (χ4v) is 3.68. The van der Waals surface area contributed by atoms with Gasteiger partial charge >= 0.3 is 0 Å². The fraction of sp³-hybridized carbons (Fsp3) is 0.111. The lowest BCUT2D eigenvalue weighted by molar-refractivity contribution is -0.116. The molecule has 124 valence electrons. The van der Waals surface area contributed by atoms with Crippen LogP contribution in [0.4, 0.5) is 5.13 Å². The molecule has 4 rings (SSSR count). The number of aryl methyl sites for hydroxylation is 1. The molecule has 0 fully saturated rings. The molecule has 0 spiro atoms. The van der Waals surface area contributed by atoms with Gasteiger partial charge in [-0.2, -0.15) is 0 Å². The van der Waals surface area contributed by atoms with Crippen molar-refractivity contribution in [3.05, 3.63) is 64.6 Å². The normalized spacial score (nSPS) is 11.1. The second-order valence-electron chi connectivity index (χ2n) is 5.66. The quantitative estimate of drug-likeness (QED) is 0.616. The van der Waals surface area contributed by atoms with Gasteiger partial charge < -0.3 is 5.32 Å². The molecule has 0 aliphatic heterocycles. The first kappa shape index (κ1) is 15.5. The van der Waals surface area contributed by atoms with Crippen LogP contribution in [0.5, 0.6) is 0 Å². The molecule has 2 aromatic carbocycles. The number of benzene rings is 2. The van der Waals surface area contributed by atoms with E-state index < -0.39 is 0 Å². The average Bonchev–Trinajstić information content (AvgIpc) is 3.01. The Balaban J connectivity index is 1.63. The summed E-state index contributed by atoms with van der Waals surface area (Å²) in [4.78, 5) is 33.1. The Morgan fingerprint density at radius 2 is 2.04 bits per heavy atom. The van der Waals surface area contributed by atoms with E-state index >= 15 is 0 Å². The van der Waals surface area contributed by atoms with Crippen molar-refractivity contribution in [2.45, 2.75) is 13.5 Å². The van der Waals surface area contributed by atoms with Crippen LogP contribution in [-0.4, -0.2) is 20.4 Å². The van der Waals surface area contributed by atoms with Crippen LogP contribution < -0.4 is 10.9 Å². The first-order valence-corrected chi connectivity index (χ1v) is 8.54. The Labute approximate surface area is 146 Å². The van der Waals surface area contributed by atoms with Crippen LogP contribution in [-0.2, 0) is 11.3 Å². The van der Waals surface area contributed by atoms with Gasteiger partial charge in [-0.15, -0.1) is 0 Å². The fourth-order valence-electron chi connectivity index (χ4n) is 2.72. The van der Waals surface area contributed by atoms with Crippen LogP contribution in [0.2, 0.25) is 0 Å². The van der Waals surface area contributed by atoms with Gasteiger partial charge in [-0.05, 0) is 30.7 Å². The molecule has 4 aromatic rings. The van der Waals surface area contributed by atoms with Crippen LogP contribution in [0, 0.1) is 6.92 Å². The largest absolute Gasteiger partial charge is 0.300 e. The van der Waals surface area contributed by atoms with Gasteiger partial charge in [0.15, 0.2) is 5.13 Å². The summed E-state index contributed by atoms with van der Waals surface area (Å²) in [6.45, 7) is 1.90. The number of nitrogens with one attached hydrogen (secondary N) is 1. The lowest BCUT2D eigenvalue weighted by atomic mass is 10.2. The second kappa shape index (κ2) is 6.10. The van der Waals surface area contributed by atoms with E-state index in [0.29, 0.717) is 16.2 Å². The summed E-state index contributed by atoms with van der Waals surface area (Å²) < 4.78 is 2.43. The summed E-state index contributed by atoms with van der Waals surface area (Å²) in [5, 5.41) is 3.32. The third kappa shape index (κ3) is 2.89. The maximum absolute atomic E-state index is 12.4. The Bertz CT molecular complexity index is 1160. The van der Waals surface area contributed by atoms with Crippen molar-refractivity contribution < 1.29 is 4.79 Å². The molecule has 0 aliphatic rings. The van der Waals surface area contributed by atoms with Crippen LogP contribution in [0.25, 0.3) is 21.3 Å². The molecule has 2 aromatic heterocycles. The minimum absolute atomic E-state index is 0.0865. The molecule has 0 bridgehead atoms. The molecular formula is C18H14N4O2S. The highest BCUT2D eigenvalue weighted by Crippen LogP contribution is 2.27. The number of aromatic nitrogens is 3. The van der Waals surface area contributed by atoms with Crippen molar-refractivity contribution in [1.29, 1.82) is 0 Å². The standard InChI is InChI=1S/C18H14N4O2S/c1-11-5-4-8-14-17(11)21-18(25-14)20-15(23)10-22-13-7-3-2-6-12(13)19-9-16(22)24/h2-9H,10H2,1H3,(H,20,21,23). The third-order valence-electron chi connectivity index (χ3n) is 3.92. The van der Waals surface area contributed by atoms with Crippen LogP contribution >= 0.6 is 11.3 Å². The molecule has 1 N–H and O–H groups in total. The highest BCUT2D eigenvalue weighted by atomic mass is 32.1. The first-order chi connectivity index (χ1) is 12.1. The number of para-hydroxylation sites is 3. The van der Waals surface area contributed by atoms with E-state index in [1.807, 2.05) is 37.3 Å². The second-order valence-corrected chi connectivity index (χ2v) is 6.69. The van der Waals surface area contributed by atoms with Gasteiger partial charge in [0.1, 0.15) is 6.54 Å². The van der Waals surface area contributed by atoms with E-state index in [4.69, 9.17) is 0 Å². The van der Waals surface area contributed by atoms with E-state index in [2.05, 4.69) is 15.3 Å². The Morgan fingerprint density at radius 3 is 2.88 bits per heavy atom. The lowest BCUT2D eigenvalue weighted by Crippen LogP contribution is -2.27. The molecule has 0 radical (unpaired) electrons. The number of hydrogen-bond donors (Lipinski definition) is 1. The zero-order valence-corrected chi connectivity index (χ0v) is 14.2. The zero-order chi connectivity index (χ0) is 17.4. The maximum atomic E-state index is 12.4. The highest BCUT2D eigenvalue weighted by molar-refractivity contribution is 7.22. The summed E-state index contributed by atoms with van der Waals surface area (Å²) in [6.07, 6.45) is 1.23. The molecular weight excluding hydrogens is 336 g/mol. The third-order valence-corrected chi connectivity index (χ3v) is 4.86. The molecule has 2 heterocycles. The SMILES string of the molecule is Cc1cccc2sc(NC(=O)Cn3c(=O)cnc4ccccc43)nc12. The number of carbonyl (C=O) groups is 1. The molecule has 25 heavy (non-hydrogen) atoms. The number of carbonyl (C=O) groups excluding carboxylic acids is 1. The number of anilines is 1. The van der Waals surface area contributed by atoms with Gasteiger partial charge in [0.05, 0.1) is 27.4 Å². The molecule has 1 amide bonds. The summed E-state index contributed by atoms with van der Waals surface area (Å²) in [7, 11) is 0. The molecule has 0 atom stereocenters. The number of fused-ring (bicyclic) bond motifs is 2. The number of rotatable bonds is 3. The Hall–Kier alpha value is -3.06. The maximum Gasteiger partial charge on any atom is 0.269 e. The van der Waals surface area contributed by atoms with Crippen LogP contribution in [0.15, 0.2) is 53.5 Å². The van der Waals surface area contributed by atoms with Gasteiger partial charge in [-0.3, -0.25) is 14.2 Å². The molecule has 6 nitrogen and oxygen atoms in total. The van der Waals surface area contributed by atoms with Gasteiger partial charge in [-0.1, -0.05) is 35.6 Å². The molecule has 0 unspecified atom stereocenters. The number of amides is 1. The molecule has 7 heteroatoms. The van der Waals surface area contributed by atoms with Gasteiger partial charge in [-0.25, -0.2) is 9.97 Å². The monoisotopic (exact) mass is 350 g/mol. The number of thiazole rings is 1. The van der Waals surface area contributed by atoms with Crippen molar-refractivity contribution in [3.8, 4) is 0 Å². The smallest absolute Gasteiger partial charge is 0.269 e. The number of nitrogens with zero attached hydrogens (tertiary/aromatic N) is 3. The zero-order valence-electron chi connectivity index (χ0n) is 13.4. The molecule has 0 saturated carbocycles. The van der Waals surface area contributed by atoms with Crippen LogP contribution in [0.3, 0.4) is 0 Å². The lowest BCUT2D eigenvalue weighted by Gasteiger charge is -2.08. The van der Waals surface area contributed by atoms with E-state index in [-0.39, 0.29) is 18.0 Å². The van der Waals surface area contributed by atoms with Gasteiger partial charge in [0.2, 0.25) is 5.91 Å². The minimum Gasteiger partial charge on any atom is -0.300 e. The van der Waals surface area contributed by atoms with E-state index in [9.17, 15) is 9.59 Å². The minimum atomic E-state index is -0.311. The molecule has 0 saturated heterocycles. The average molecular weight is 350 g/mol. The van der Waals surface area contributed by atoms with Gasteiger partial charge in [0, 0.05) is 0 Å². The van der Waals surface area contributed by atoms with Crippen molar-refractivity contribution in [2.24, 2.45) is 0 Å². The summed E-state index contributed by atoms with van der Waals surface area (Å²) in [5.74, 6) is -0.296. The van der Waals surface area contributed by atoms with E-state index in [1.165, 1.54) is 22.1 Å². The summed E-state index contributed by atoms with van der Waals surface area (Å²) in [5.41, 5.74) is 2.93. The molecule has 0 aliphatic carbocycles. The number of hydrogen-bond acceptors (Lipinski definition) is 5. The summed E-state index contributed by atoms with van der Waals surface area (Å²) in [6, 6.07) is 13.1. The van der Waals surface area contributed by atoms with Crippen molar-refractivity contribution in [1.82, 2.24) is 14.5 Å². The predicted octanol–water partition coefficient (Wildman–Crippen LogP) is 2.95. The van der Waals surface area contributed by atoms with Crippen LogP contribution in [0.1, 0.15) is 5.56 Å². The highest BCUT2D eigenvalue weighted by Gasteiger charge is 2.12. The van der Waals surface area contributed by atoms with Crippen molar-refractivity contribution in [3.63, 3.8) is 0 Å². The Morgan fingerprint density at radius 1 is 1.20 bits per heavy atom. The topological polar surface area (TPSA) is 76.9 Å². The summed E-state index contributed by atoms with van der Waals surface area (Å²) >= 11 is 1.42. The van der Waals surface area contributed by atoms with E-state index in [0.717, 1.165) is 15.8 Å². The predicted molar refractivity (Wildman–Crippen MR) is 99.0 cm³/mol. The first-order valence-electron chi connectivity index (χ1n) is 7.72. The van der Waals surface area contributed by atoms with E-state index in [1.54, 1.807) is 12.1 Å². The van der Waals surface area contributed by atoms with Crippen molar-refractivity contribution in [2.75, 3.05) is 5.32 Å². The van der Waals surface area contributed by atoms with Gasteiger partial charge in [0.25, 0.3) is 5.56 Å².